The van der Waals surface area contributed by atoms with Crippen molar-refractivity contribution >= 4 is 72.7 Å². The van der Waals surface area contributed by atoms with Gasteiger partial charge in [-0.25, -0.2) is 9.64 Å². The molecule has 8 heterocycles. The summed E-state index contributed by atoms with van der Waals surface area (Å²) >= 11 is 2.72. The number of ketones is 1. The largest absolute Gasteiger partial charge is 0.477 e. The number of carbonyl (C=O) groups is 2. The molecule has 6 aliphatic heterocycles. The van der Waals surface area contributed by atoms with Crippen LogP contribution in [-0.4, -0.2) is 70.0 Å². The van der Waals surface area contributed by atoms with Crippen LogP contribution in [0.5, 0.6) is 0 Å². The summed E-state index contributed by atoms with van der Waals surface area (Å²) in [6.45, 7) is 20.9. The Morgan fingerprint density at radius 3 is 1.94 bits per heavy atom. The lowest BCUT2D eigenvalue weighted by Gasteiger charge is -2.56. The number of thiophene rings is 2. The lowest BCUT2D eigenvalue weighted by Crippen LogP contribution is -2.67. The van der Waals surface area contributed by atoms with Crippen LogP contribution in [0, 0.1) is 35.7 Å². The molecule has 6 fully saturated rings. The van der Waals surface area contributed by atoms with Gasteiger partial charge in [0.05, 0.1) is 23.1 Å². The Morgan fingerprint density at radius 2 is 1.42 bits per heavy atom. The highest BCUT2D eigenvalue weighted by atomic mass is 35.5. The van der Waals surface area contributed by atoms with Crippen LogP contribution in [0.4, 0.5) is 5.69 Å². The second-order valence-corrected chi connectivity index (χ2v) is 17.1. The minimum Gasteiger partial charge on any atom is -0.477 e. The first kappa shape index (κ1) is 37.9. The zero-order valence-electron chi connectivity index (χ0n) is 29.1. The molecule has 6 saturated heterocycles. The van der Waals surface area contributed by atoms with E-state index in [0.717, 1.165) is 31.0 Å². The van der Waals surface area contributed by atoms with Gasteiger partial charge < -0.3 is 10.8 Å². The van der Waals surface area contributed by atoms with Gasteiger partial charge >= 0.3 is 5.97 Å². The van der Waals surface area contributed by atoms with E-state index in [0.29, 0.717) is 40.4 Å². The van der Waals surface area contributed by atoms with Crippen molar-refractivity contribution in [1.29, 1.82) is 5.26 Å². The van der Waals surface area contributed by atoms with Gasteiger partial charge in [-0.15, -0.1) is 35.1 Å². The van der Waals surface area contributed by atoms with Gasteiger partial charge in [0, 0.05) is 32.9 Å². The Bertz CT molecular complexity index is 1950. The first-order valence-corrected chi connectivity index (χ1v) is 18.8. The second-order valence-electron chi connectivity index (χ2n) is 14.9. The number of rotatable bonds is 4. The molecule has 10 rings (SSSR count). The minimum atomic E-state index is -0.921. The van der Waals surface area contributed by atoms with Crippen molar-refractivity contribution in [3.05, 3.63) is 75.3 Å². The van der Waals surface area contributed by atoms with Crippen molar-refractivity contribution < 1.29 is 14.7 Å². The molecule has 0 spiro atoms. The van der Waals surface area contributed by atoms with E-state index in [4.69, 9.17) is 22.7 Å². The maximum absolute atomic E-state index is 12.9. The van der Waals surface area contributed by atoms with Crippen LogP contribution in [-0.2, 0) is 0 Å². The summed E-state index contributed by atoms with van der Waals surface area (Å²) in [5, 5.41) is 19.7. The average Bonchev–Trinajstić information content (AvgIpc) is 3.74. The fraction of sp³-hybridized carbons (Fsp3) is 0.487. The Hall–Kier alpha value is -3.35. The SMILES string of the molecule is CC1(C)[C@@H](CC(=O)c2cc3ccc(C#N)cc3s2)C2CCN1CC2.CC1(C)[C@@H](N)C2CCN1CC2.Cl.[C-]#[N+]c1ccc2cc(C(=O)O)sc2c1. The van der Waals surface area contributed by atoms with Crippen molar-refractivity contribution in [2.45, 2.75) is 76.9 Å². The van der Waals surface area contributed by atoms with Crippen LogP contribution in [0.3, 0.4) is 0 Å². The third-order valence-electron chi connectivity index (χ3n) is 11.7. The molecule has 11 heteroatoms. The molecule has 3 N–H and O–H groups in total. The van der Waals surface area contributed by atoms with E-state index in [9.17, 15) is 9.59 Å². The molecule has 4 bridgehead atoms. The van der Waals surface area contributed by atoms with Gasteiger partial charge in [-0.05, 0) is 138 Å². The van der Waals surface area contributed by atoms with Gasteiger partial charge in [0.1, 0.15) is 4.88 Å². The molecule has 0 radical (unpaired) electrons. The van der Waals surface area contributed by atoms with Crippen LogP contribution in [0.1, 0.15) is 84.7 Å². The number of carbonyl (C=O) groups excluding carboxylic acids is 1. The topological polar surface area (TPSA) is 115 Å². The van der Waals surface area contributed by atoms with Gasteiger partial charge in [0.25, 0.3) is 0 Å². The molecular weight excluding hydrogens is 686 g/mol. The minimum absolute atomic E-state index is 0. The number of carboxylic acid groups (broad SMARTS) is 1. The number of nitrogens with zero attached hydrogens (tertiary/aromatic N) is 4. The summed E-state index contributed by atoms with van der Waals surface area (Å²) in [6, 6.07) is 17.0. The summed E-state index contributed by atoms with van der Waals surface area (Å²) < 4.78 is 1.88. The lowest BCUT2D eigenvalue weighted by atomic mass is 9.65. The van der Waals surface area contributed by atoms with Gasteiger partial charge in [-0.3, -0.25) is 14.6 Å². The number of aromatic carboxylic acids is 1. The molecule has 0 saturated carbocycles. The molecule has 0 unspecified atom stereocenters. The molecule has 264 valence electrons. The number of carboxylic acids is 1. The van der Waals surface area contributed by atoms with E-state index in [1.807, 2.05) is 24.3 Å². The van der Waals surface area contributed by atoms with Crippen LogP contribution in [0.2, 0.25) is 0 Å². The van der Waals surface area contributed by atoms with Gasteiger partial charge in [-0.2, -0.15) is 5.26 Å². The maximum Gasteiger partial charge on any atom is 0.345 e. The second kappa shape index (κ2) is 15.1. The number of Topliss-reactive ketones (excluding diaryl/α,β-unsaturated/α-hetero) is 1. The molecule has 2 aromatic carbocycles. The monoisotopic (exact) mass is 731 g/mol. The van der Waals surface area contributed by atoms with Gasteiger partial charge in [0.15, 0.2) is 11.5 Å². The molecule has 8 nitrogen and oxygen atoms in total. The highest BCUT2D eigenvalue weighted by Crippen LogP contribution is 2.46. The highest BCUT2D eigenvalue weighted by Gasteiger charge is 2.48. The molecule has 2 atom stereocenters. The Morgan fingerprint density at radius 1 is 0.880 bits per heavy atom. The van der Waals surface area contributed by atoms with Crippen LogP contribution >= 0.6 is 35.1 Å². The predicted octanol–water partition coefficient (Wildman–Crippen LogP) is 8.86. The number of hydrogen-bond donors (Lipinski definition) is 2. The van der Waals surface area contributed by atoms with E-state index in [-0.39, 0.29) is 29.3 Å². The van der Waals surface area contributed by atoms with Crippen LogP contribution in [0.15, 0.2) is 48.5 Å². The third-order valence-corrected chi connectivity index (χ3v) is 13.9. The summed E-state index contributed by atoms with van der Waals surface area (Å²) in [4.78, 5) is 33.1. The number of hydrogen-bond acceptors (Lipinski definition) is 8. The van der Waals surface area contributed by atoms with Crippen LogP contribution in [0.25, 0.3) is 25.0 Å². The van der Waals surface area contributed by atoms with E-state index in [1.165, 1.54) is 74.5 Å². The molecule has 2 aromatic heterocycles. The zero-order valence-corrected chi connectivity index (χ0v) is 31.6. The average molecular weight is 732 g/mol. The standard InChI is InChI=1S/C20H22N2OS.C10H5NO2S.C9H18N2.ClH/c1-20(2)16(14-5-7-22(20)8-6-14)11-17(23)19-10-15-4-3-13(12-21)9-18(15)24-19;1-11-7-3-2-6-4-9(10(12)13)14-8(6)5-7;1-9(2)8(10)7-3-5-11(9)6-4-7;/h3-4,9-10,14,16H,5-8,11H2,1-2H3;2-5H,(H,12,13);7-8H,3-6,10H2,1-2H3;1H/t16-;;8-;/m0.0./s1. The number of nitriles is 1. The number of piperidine rings is 6. The van der Waals surface area contributed by atoms with E-state index in [2.05, 4.69) is 48.4 Å². The van der Waals surface area contributed by atoms with Crippen molar-refractivity contribution in [2.75, 3.05) is 26.2 Å². The number of fused-ring (bicyclic) bond motifs is 8. The number of nitrogens with two attached hydrogens (primary N) is 1. The summed E-state index contributed by atoms with van der Waals surface area (Å²) in [5.74, 6) is 1.29. The third kappa shape index (κ3) is 7.48. The normalized spacial score (nSPS) is 26.7. The summed E-state index contributed by atoms with van der Waals surface area (Å²) in [6.07, 6.45) is 5.76. The van der Waals surface area contributed by atoms with Crippen molar-refractivity contribution in [2.24, 2.45) is 23.5 Å². The van der Waals surface area contributed by atoms with Crippen LogP contribution < -0.4 is 5.73 Å². The lowest BCUT2D eigenvalue weighted by molar-refractivity contribution is -0.0643. The predicted molar refractivity (Wildman–Crippen MR) is 206 cm³/mol. The van der Waals surface area contributed by atoms with Crippen molar-refractivity contribution in [3.8, 4) is 6.07 Å². The first-order chi connectivity index (χ1) is 23.3. The Labute approximate surface area is 309 Å². The van der Waals surface area contributed by atoms with E-state index >= 15 is 0 Å². The maximum atomic E-state index is 12.9. The molecule has 6 aliphatic rings. The van der Waals surface area contributed by atoms with Gasteiger partial charge in [0.2, 0.25) is 0 Å². The Balaban J connectivity index is 0.000000159. The highest BCUT2D eigenvalue weighted by molar-refractivity contribution is 7.21. The van der Waals surface area contributed by atoms with Crippen molar-refractivity contribution in [1.82, 2.24) is 9.80 Å². The van der Waals surface area contributed by atoms with E-state index < -0.39 is 5.97 Å². The number of halogens is 1. The van der Waals surface area contributed by atoms with E-state index in [1.54, 1.807) is 24.3 Å². The fourth-order valence-corrected chi connectivity index (χ4v) is 10.4. The fourth-order valence-electron chi connectivity index (χ4n) is 8.46. The zero-order chi connectivity index (χ0) is 35.1. The Kier molecular flexibility index (Phi) is 11.4. The summed E-state index contributed by atoms with van der Waals surface area (Å²) in [7, 11) is 0. The number of benzene rings is 2. The quantitative estimate of drug-likeness (QED) is 0.159. The smallest absolute Gasteiger partial charge is 0.345 e. The molecular formula is C39H46ClN5O3S2. The molecule has 50 heavy (non-hydrogen) atoms. The molecule has 4 aromatic rings. The molecule has 0 amide bonds. The van der Waals surface area contributed by atoms with Gasteiger partial charge in [-0.1, -0.05) is 18.2 Å². The first-order valence-electron chi connectivity index (χ1n) is 17.2. The summed E-state index contributed by atoms with van der Waals surface area (Å²) in [5.41, 5.74) is 7.74. The van der Waals surface area contributed by atoms with Crippen molar-refractivity contribution in [3.63, 3.8) is 0 Å². The molecule has 0 aliphatic carbocycles.